The molecule has 1 N–H and O–H groups in total. The van der Waals surface area contributed by atoms with Crippen LogP contribution in [0.5, 0.6) is 0 Å². The van der Waals surface area contributed by atoms with E-state index >= 15 is 0 Å². The maximum Gasteiger partial charge on any atom is 0.246 e. The number of nitrogens with zero attached hydrogens (tertiary/aromatic N) is 3. The fourth-order valence-electron chi connectivity index (χ4n) is 3.22. The van der Waals surface area contributed by atoms with Crippen LogP contribution < -0.4 is 5.32 Å². The van der Waals surface area contributed by atoms with Gasteiger partial charge in [0.15, 0.2) is 0 Å². The summed E-state index contributed by atoms with van der Waals surface area (Å²) < 4.78 is 14.7. The standard InChI is InChI=1S/C24H24ClFN4O2/c1-15-6-5-7-16(2)23(15)27-21(31)14-29(4)22(32)13-12-20-17(3)28-30(24(20)25)19-10-8-18(26)9-11-19/h5-13H,14H2,1-4H3,(H,27,31)/b13-12+. The lowest BCUT2D eigenvalue weighted by atomic mass is 10.1. The maximum absolute atomic E-state index is 13.2. The first-order valence-corrected chi connectivity index (χ1v) is 10.4. The van der Waals surface area contributed by atoms with Gasteiger partial charge in [0.1, 0.15) is 11.0 Å². The zero-order valence-corrected chi connectivity index (χ0v) is 19.1. The molecule has 0 saturated heterocycles. The highest BCUT2D eigenvalue weighted by Gasteiger charge is 2.15. The first kappa shape index (κ1) is 23.2. The second kappa shape index (κ2) is 9.78. The van der Waals surface area contributed by atoms with E-state index < -0.39 is 0 Å². The number of nitrogens with one attached hydrogen (secondary N) is 1. The normalized spacial score (nSPS) is 11.1. The Bertz CT molecular complexity index is 1170. The van der Waals surface area contributed by atoms with Crippen LogP contribution in [0.15, 0.2) is 48.5 Å². The number of carbonyl (C=O) groups is 2. The van der Waals surface area contributed by atoms with Crippen LogP contribution in [-0.2, 0) is 9.59 Å². The quantitative estimate of drug-likeness (QED) is 0.549. The van der Waals surface area contributed by atoms with Crippen LogP contribution in [0.2, 0.25) is 5.15 Å². The summed E-state index contributed by atoms with van der Waals surface area (Å²) in [6.07, 6.45) is 2.91. The molecule has 3 rings (SSSR count). The molecule has 0 aliphatic carbocycles. The average Bonchev–Trinajstić information content (AvgIpc) is 3.03. The van der Waals surface area contributed by atoms with Crippen LogP contribution in [0.3, 0.4) is 0 Å². The van der Waals surface area contributed by atoms with Gasteiger partial charge in [-0.25, -0.2) is 9.07 Å². The largest absolute Gasteiger partial charge is 0.333 e. The molecule has 166 valence electrons. The summed E-state index contributed by atoms with van der Waals surface area (Å²) in [4.78, 5) is 26.2. The van der Waals surface area contributed by atoms with Gasteiger partial charge >= 0.3 is 0 Å². The minimum absolute atomic E-state index is 0.0987. The van der Waals surface area contributed by atoms with Crippen molar-refractivity contribution >= 4 is 35.2 Å². The Labute approximate surface area is 191 Å². The molecule has 0 atom stereocenters. The van der Waals surface area contributed by atoms with Crippen molar-refractivity contribution < 1.29 is 14.0 Å². The lowest BCUT2D eigenvalue weighted by Crippen LogP contribution is -2.34. The molecule has 0 aliphatic heterocycles. The number of halogens is 2. The van der Waals surface area contributed by atoms with E-state index in [1.807, 2.05) is 32.0 Å². The molecule has 32 heavy (non-hydrogen) atoms. The van der Waals surface area contributed by atoms with Gasteiger partial charge in [0, 0.05) is 24.4 Å². The van der Waals surface area contributed by atoms with Crippen molar-refractivity contribution in [2.45, 2.75) is 20.8 Å². The average molecular weight is 455 g/mol. The van der Waals surface area contributed by atoms with E-state index in [0.29, 0.717) is 22.1 Å². The van der Waals surface area contributed by atoms with Crippen molar-refractivity contribution in [3.05, 3.63) is 81.9 Å². The fourth-order valence-corrected chi connectivity index (χ4v) is 3.55. The van der Waals surface area contributed by atoms with Crippen LogP contribution in [-0.4, -0.2) is 40.1 Å². The van der Waals surface area contributed by atoms with Crippen molar-refractivity contribution in [1.82, 2.24) is 14.7 Å². The molecule has 0 radical (unpaired) electrons. The van der Waals surface area contributed by atoms with Gasteiger partial charge in [0.2, 0.25) is 11.8 Å². The Morgan fingerprint density at radius 2 is 1.75 bits per heavy atom. The monoisotopic (exact) mass is 454 g/mol. The zero-order chi connectivity index (χ0) is 23.4. The maximum atomic E-state index is 13.2. The van der Waals surface area contributed by atoms with Crippen molar-refractivity contribution in [1.29, 1.82) is 0 Å². The van der Waals surface area contributed by atoms with Gasteiger partial charge in [-0.05, 0) is 62.2 Å². The number of carbonyl (C=O) groups excluding carboxylic acids is 2. The van der Waals surface area contributed by atoms with Gasteiger partial charge in [-0.2, -0.15) is 5.10 Å². The number of hydrogen-bond donors (Lipinski definition) is 1. The minimum atomic E-state index is -0.357. The molecular formula is C24H24ClFN4O2. The fraction of sp³-hybridized carbons (Fsp3) is 0.208. The molecule has 1 heterocycles. The van der Waals surface area contributed by atoms with Gasteiger partial charge in [-0.3, -0.25) is 9.59 Å². The lowest BCUT2D eigenvalue weighted by molar-refractivity contribution is -0.129. The van der Waals surface area contributed by atoms with E-state index in [1.54, 1.807) is 32.2 Å². The molecule has 0 bridgehead atoms. The number of rotatable bonds is 6. The second-order valence-corrected chi connectivity index (χ2v) is 7.88. The molecule has 0 spiro atoms. The summed E-state index contributed by atoms with van der Waals surface area (Å²) >= 11 is 6.44. The molecule has 0 saturated carbocycles. The van der Waals surface area contributed by atoms with E-state index in [4.69, 9.17) is 11.6 Å². The Hall–Kier alpha value is -3.45. The number of aryl methyl sites for hydroxylation is 3. The van der Waals surface area contributed by atoms with Gasteiger partial charge in [-0.15, -0.1) is 0 Å². The smallest absolute Gasteiger partial charge is 0.246 e. The van der Waals surface area contributed by atoms with Crippen LogP contribution in [0.1, 0.15) is 22.4 Å². The highest BCUT2D eigenvalue weighted by Crippen LogP contribution is 2.25. The lowest BCUT2D eigenvalue weighted by Gasteiger charge is -2.16. The van der Waals surface area contributed by atoms with Crippen molar-refractivity contribution in [2.75, 3.05) is 18.9 Å². The molecule has 0 fully saturated rings. The summed E-state index contributed by atoms with van der Waals surface area (Å²) in [5, 5.41) is 7.53. The summed E-state index contributed by atoms with van der Waals surface area (Å²) in [6, 6.07) is 11.5. The summed E-state index contributed by atoms with van der Waals surface area (Å²) in [7, 11) is 1.55. The summed E-state index contributed by atoms with van der Waals surface area (Å²) in [6.45, 7) is 5.49. The third-order valence-corrected chi connectivity index (χ3v) is 5.38. The first-order valence-electron chi connectivity index (χ1n) is 9.97. The van der Waals surface area contributed by atoms with Gasteiger partial charge in [-0.1, -0.05) is 29.8 Å². The number of para-hydroxylation sites is 1. The Balaban J connectivity index is 1.68. The number of anilines is 1. The number of hydrogen-bond acceptors (Lipinski definition) is 3. The van der Waals surface area contributed by atoms with Crippen LogP contribution in [0.4, 0.5) is 10.1 Å². The molecule has 2 amide bonds. The number of amides is 2. The van der Waals surface area contributed by atoms with E-state index in [0.717, 1.165) is 16.8 Å². The van der Waals surface area contributed by atoms with Crippen molar-refractivity contribution in [3.63, 3.8) is 0 Å². The molecular weight excluding hydrogens is 431 g/mol. The predicted octanol–water partition coefficient (Wildman–Crippen LogP) is 4.70. The van der Waals surface area contributed by atoms with Crippen LogP contribution >= 0.6 is 11.6 Å². The third kappa shape index (κ3) is 5.23. The Kier molecular flexibility index (Phi) is 7.10. The van der Waals surface area contributed by atoms with Crippen molar-refractivity contribution in [2.24, 2.45) is 0 Å². The second-order valence-electron chi connectivity index (χ2n) is 7.52. The van der Waals surface area contributed by atoms with Crippen LogP contribution in [0, 0.1) is 26.6 Å². The van der Waals surface area contributed by atoms with E-state index in [2.05, 4.69) is 10.4 Å². The molecule has 1 aromatic heterocycles. The zero-order valence-electron chi connectivity index (χ0n) is 18.3. The highest BCUT2D eigenvalue weighted by atomic mass is 35.5. The van der Waals surface area contributed by atoms with E-state index in [9.17, 15) is 14.0 Å². The third-order valence-electron chi connectivity index (χ3n) is 5.01. The minimum Gasteiger partial charge on any atom is -0.333 e. The number of benzene rings is 2. The van der Waals surface area contributed by atoms with E-state index in [1.165, 1.54) is 27.8 Å². The van der Waals surface area contributed by atoms with Gasteiger partial charge in [0.25, 0.3) is 0 Å². The Morgan fingerprint density at radius 3 is 2.38 bits per heavy atom. The molecule has 6 nitrogen and oxygen atoms in total. The molecule has 0 unspecified atom stereocenters. The Morgan fingerprint density at radius 1 is 1.12 bits per heavy atom. The summed E-state index contributed by atoms with van der Waals surface area (Å²) in [5.41, 5.74) is 4.44. The molecule has 8 heteroatoms. The SMILES string of the molecule is Cc1cccc(C)c1NC(=O)CN(C)C(=O)/C=C/c1c(C)nn(-c2ccc(F)cc2)c1Cl. The topological polar surface area (TPSA) is 67.2 Å². The number of aromatic nitrogens is 2. The van der Waals surface area contributed by atoms with Crippen LogP contribution in [0.25, 0.3) is 11.8 Å². The highest BCUT2D eigenvalue weighted by molar-refractivity contribution is 6.31. The van der Waals surface area contributed by atoms with Crippen molar-refractivity contribution in [3.8, 4) is 5.69 Å². The predicted molar refractivity (Wildman–Crippen MR) is 124 cm³/mol. The van der Waals surface area contributed by atoms with Gasteiger partial charge < -0.3 is 10.2 Å². The summed E-state index contributed by atoms with van der Waals surface area (Å²) in [5.74, 6) is -0.999. The van der Waals surface area contributed by atoms with E-state index in [-0.39, 0.29) is 24.2 Å². The number of likely N-dealkylation sites (N-methyl/N-ethyl adjacent to an activating group) is 1. The molecule has 0 aliphatic rings. The molecule has 3 aromatic rings. The molecule has 2 aromatic carbocycles. The first-order chi connectivity index (χ1) is 15.2. The van der Waals surface area contributed by atoms with Gasteiger partial charge in [0.05, 0.1) is 17.9 Å².